The highest BCUT2D eigenvalue weighted by molar-refractivity contribution is 7.92. The second-order valence-corrected chi connectivity index (χ2v) is 7.09. The van der Waals surface area contributed by atoms with Crippen molar-refractivity contribution in [1.29, 1.82) is 0 Å². The molecule has 0 aromatic carbocycles. The zero-order chi connectivity index (χ0) is 10.6. The minimum atomic E-state index is -2.85. The average Bonchev–Trinajstić information content (AvgIpc) is 2.00. The van der Waals surface area contributed by atoms with Gasteiger partial charge in [-0.1, -0.05) is 6.42 Å². The van der Waals surface area contributed by atoms with Gasteiger partial charge in [0.25, 0.3) is 0 Å². The molecular weight excluding hydrogens is 198 g/mol. The van der Waals surface area contributed by atoms with Crippen molar-refractivity contribution in [2.24, 2.45) is 5.92 Å². The van der Waals surface area contributed by atoms with Crippen molar-refractivity contribution in [3.05, 3.63) is 0 Å². The van der Waals surface area contributed by atoms with Crippen LogP contribution in [0.15, 0.2) is 0 Å². The fourth-order valence-electron chi connectivity index (χ4n) is 1.45. The van der Waals surface area contributed by atoms with Gasteiger partial charge in [-0.3, -0.25) is 0 Å². The van der Waals surface area contributed by atoms with Crippen LogP contribution in [0.1, 0.15) is 33.1 Å². The standard InChI is InChI=1S/C10H21NO2S/c1-9(2)14(12,13)7-6-11-8-10-4-3-5-10/h9-11H,3-8H2,1-2H3. The Kier molecular flexibility index (Phi) is 4.38. The van der Waals surface area contributed by atoms with Crippen LogP contribution in [0.5, 0.6) is 0 Å². The summed E-state index contributed by atoms with van der Waals surface area (Å²) in [6, 6.07) is 0. The fraction of sp³-hybridized carbons (Fsp3) is 1.00. The lowest BCUT2D eigenvalue weighted by molar-refractivity contribution is 0.304. The Hall–Kier alpha value is -0.0900. The maximum Gasteiger partial charge on any atom is 0.153 e. The van der Waals surface area contributed by atoms with Crippen LogP contribution < -0.4 is 5.32 Å². The third-order valence-corrected chi connectivity index (χ3v) is 5.15. The van der Waals surface area contributed by atoms with Gasteiger partial charge in [0.2, 0.25) is 0 Å². The molecule has 0 heterocycles. The molecule has 0 unspecified atom stereocenters. The molecule has 1 aliphatic rings. The Morgan fingerprint density at radius 1 is 1.36 bits per heavy atom. The normalized spacial score (nSPS) is 18.5. The predicted molar refractivity (Wildman–Crippen MR) is 59.1 cm³/mol. The van der Waals surface area contributed by atoms with Crippen molar-refractivity contribution < 1.29 is 8.42 Å². The van der Waals surface area contributed by atoms with Crippen LogP contribution in [0.3, 0.4) is 0 Å². The summed E-state index contributed by atoms with van der Waals surface area (Å²) in [6.07, 6.45) is 3.96. The Morgan fingerprint density at radius 2 is 2.00 bits per heavy atom. The summed E-state index contributed by atoms with van der Waals surface area (Å²) in [5.41, 5.74) is 0. The first-order valence-corrected chi connectivity index (χ1v) is 7.16. The highest BCUT2D eigenvalue weighted by Crippen LogP contribution is 2.24. The van der Waals surface area contributed by atoms with E-state index in [-0.39, 0.29) is 11.0 Å². The van der Waals surface area contributed by atoms with Crippen molar-refractivity contribution in [2.75, 3.05) is 18.8 Å². The first-order valence-electron chi connectivity index (χ1n) is 5.44. The molecule has 0 saturated heterocycles. The zero-order valence-electron chi connectivity index (χ0n) is 9.12. The molecule has 0 bridgehead atoms. The molecule has 14 heavy (non-hydrogen) atoms. The van der Waals surface area contributed by atoms with Gasteiger partial charge in [0.05, 0.1) is 11.0 Å². The van der Waals surface area contributed by atoms with Crippen LogP contribution in [0.25, 0.3) is 0 Å². The lowest BCUT2D eigenvalue weighted by Gasteiger charge is -2.25. The number of rotatable bonds is 6. The third kappa shape index (κ3) is 3.58. The summed E-state index contributed by atoms with van der Waals surface area (Å²) in [5.74, 6) is 1.08. The van der Waals surface area contributed by atoms with Gasteiger partial charge >= 0.3 is 0 Å². The quantitative estimate of drug-likeness (QED) is 0.683. The molecule has 3 nitrogen and oxygen atoms in total. The van der Waals surface area contributed by atoms with Gasteiger partial charge in [-0.25, -0.2) is 8.42 Å². The average molecular weight is 219 g/mol. The Labute approximate surface area is 87.2 Å². The maximum absolute atomic E-state index is 11.4. The van der Waals surface area contributed by atoms with E-state index in [9.17, 15) is 8.42 Å². The van der Waals surface area contributed by atoms with Crippen LogP contribution in [-0.2, 0) is 9.84 Å². The van der Waals surface area contributed by atoms with Crippen LogP contribution in [0, 0.1) is 5.92 Å². The van der Waals surface area contributed by atoms with E-state index in [1.165, 1.54) is 19.3 Å². The second kappa shape index (κ2) is 5.12. The van der Waals surface area contributed by atoms with Crippen molar-refractivity contribution >= 4 is 9.84 Å². The lowest BCUT2D eigenvalue weighted by atomic mass is 9.85. The minimum absolute atomic E-state index is 0.243. The molecule has 0 radical (unpaired) electrons. The van der Waals surface area contributed by atoms with Crippen LogP contribution in [0.4, 0.5) is 0 Å². The van der Waals surface area contributed by atoms with Gasteiger partial charge in [0, 0.05) is 6.54 Å². The summed E-state index contributed by atoms with van der Waals surface area (Å²) in [4.78, 5) is 0. The highest BCUT2D eigenvalue weighted by atomic mass is 32.2. The maximum atomic E-state index is 11.4. The van der Waals surface area contributed by atoms with Gasteiger partial charge in [0.1, 0.15) is 0 Å². The van der Waals surface area contributed by atoms with Gasteiger partial charge in [-0.15, -0.1) is 0 Å². The zero-order valence-corrected chi connectivity index (χ0v) is 9.94. The van der Waals surface area contributed by atoms with E-state index >= 15 is 0 Å². The van der Waals surface area contributed by atoms with E-state index in [2.05, 4.69) is 5.32 Å². The topological polar surface area (TPSA) is 46.2 Å². The van der Waals surface area contributed by atoms with Gasteiger partial charge in [-0.2, -0.15) is 0 Å². The first-order chi connectivity index (χ1) is 6.52. The molecular formula is C10H21NO2S. The molecule has 0 aromatic heterocycles. The molecule has 1 fully saturated rings. The summed E-state index contributed by atoms with van der Waals surface area (Å²) >= 11 is 0. The number of hydrogen-bond donors (Lipinski definition) is 1. The van der Waals surface area contributed by atoms with E-state index in [1.54, 1.807) is 13.8 Å². The number of sulfone groups is 1. The molecule has 84 valence electrons. The number of nitrogens with one attached hydrogen (secondary N) is 1. The lowest BCUT2D eigenvalue weighted by Crippen LogP contribution is -2.32. The van der Waals surface area contributed by atoms with Crippen molar-refractivity contribution in [3.63, 3.8) is 0 Å². The fourth-order valence-corrected chi connectivity index (χ4v) is 2.35. The molecule has 0 aliphatic heterocycles. The van der Waals surface area contributed by atoms with E-state index in [0.29, 0.717) is 6.54 Å². The molecule has 4 heteroatoms. The van der Waals surface area contributed by atoms with Crippen molar-refractivity contribution in [1.82, 2.24) is 5.32 Å². The molecule has 0 spiro atoms. The van der Waals surface area contributed by atoms with Gasteiger partial charge in [0.15, 0.2) is 9.84 Å². The minimum Gasteiger partial charge on any atom is -0.315 e. The molecule has 0 amide bonds. The van der Waals surface area contributed by atoms with Gasteiger partial charge in [-0.05, 0) is 39.2 Å². The monoisotopic (exact) mass is 219 g/mol. The van der Waals surface area contributed by atoms with E-state index in [0.717, 1.165) is 12.5 Å². The van der Waals surface area contributed by atoms with E-state index in [1.807, 2.05) is 0 Å². The first kappa shape index (κ1) is 12.0. The van der Waals surface area contributed by atoms with Crippen LogP contribution in [0.2, 0.25) is 0 Å². The molecule has 1 saturated carbocycles. The van der Waals surface area contributed by atoms with Crippen molar-refractivity contribution in [2.45, 2.75) is 38.4 Å². The summed E-state index contributed by atoms with van der Waals surface area (Å²) in [7, 11) is -2.85. The number of hydrogen-bond acceptors (Lipinski definition) is 3. The molecule has 0 atom stereocenters. The van der Waals surface area contributed by atoms with Crippen molar-refractivity contribution in [3.8, 4) is 0 Å². The predicted octanol–water partition coefficient (Wildman–Crippen LogP) is 1.20. The summed E-state index contributed by atoms with van der Waals surface area (Å²) in [6.45, 7) is 5.08. The molecule has 1 rings (SSSR count). The van der Waals surface area contributed by atoms with Crippen LogP contribution >= 0.6 is 0 Å². The van der Waals surface area contributed by atoms with Crippen LogP contribution in [-0.4, -0.2) is 32.5 Å². The third-order valence-electron chi connectivity index (χ3n) is 2.94. The van der Waals surface area contributed by atoms with E-state index in [4.69, 9.17) is 0 Å². The Morgan fingerprint density at radius 3 is 2.43 bits per heavy atom. The van der Waals surface area contributed by atoms with Gasteiger partial charge < -0.3 is 5.32 Å². The Balaban J connectivity index is 2.08. The highest BCUT2D eigenvalue weighted by Gasteiger charge is 2.18. The Bertz CT molecular complexity index is 255. The SMILES string of the molecule is CC(C)S(=O)(=O)CCNCC1CCC1. The molecule has 0 aromatic rings. The summed E-state index contributed by atoms with van der Waals surface area (Å²) < 4.78 is 22.8. The molecule has 1 aliphatic carbocycles. The smallest absolute Gasteiger partial charge is 0.153 e. The summed E-state index contributed by atoms with van der Waals surface area (Å²) in [5, 5.41) is 2.98. The largest absolute Gasteiger partial charge is 0.315 e. The van der Waals surface area contributed by atoms with E-state index < -0.39 is 9.84 Å². The second-order valence-electron chi connectivity index (χ2n) is 4.42. The molecule has 1 N–H and O–H groups in total.